The third kappa shape index (κ3) is 5.70. The number of rotatable bonds is 7. The molecule has 0 saturated carbocycles. The minimum absolute atomic E-state index is 0.0719. The molecule has 0 spiro atoms. The van der Waals surface area contributed by atoms with E-state index in [0.29, 0.717) is 16.5 Å². The van der Waals surface area contributed by atoms with Crippen molar-refractivity contribution < 1.29 is 9.59 Å². The average molecular weight is 359 g/mol. The van der Waals surface area contributed by atoms with E-state index < -0.39 is 6.04 Å². The zero-order chi connectivity index (χ0) is 17.6. The number of carbonyl (C=O) groups is 2. The van der Waals surface area contributed by atoms with Gasteiger partial charge >= 0.3 is 0 Å². The van der Waals surface area contributed by atoms with E-state index in [2.05, 4.69) is 5.32 Å². The molecule has 23 heavy (non-hydrogen) atoms. The van der Waals surface area contributed by atoms with Gasteiger partial charge in [-0.15, -0.1) is 0 Å². The molecule has 1 aromatic rings. The maximum absolute atomic E-state index is 12.3. The molecule has 0 unspecified atom stereocenters. The second-order valence-electron chi connectivity index (χ2n) is 5.60. The number of nitrogens with one attached hydrogen (secondary N) is 1. The first-order valence-electron chi connectivity index (χ1n) is 7.83. The molecule has 0 saturated heterocycles. The highest BCUT2D eigenvalue weighted by Crippen LogP contribution is 2.23. The minimum Gasteiger partial charge on any atom is -0.352 e. The Labute approximate surface area is 148 Å². The zero-order valence-corrected chi connectivity index (χ0v) is 15.5. The Morgan fingerprint density at radius 1 is 1.22 bits per heavy atom. The highest BCUT2D eigenvalue weighted by molar-refractivity contribution is 6.35. The molecule has 1 rings (SSSR count). The van der Waals surface area contributed by atoms with E-state index in [-0.39, 0.29) is 24.4 Å². The standard InChI is InChI=1S/C17H24Cl2N2O2/c1-5-11(3)20-17(23)12(4)21(16(22)6-2)10-13-7-8-14(18)9-15(13)19/h7-9,11-12H,5-6,10H2,1-4H3,(H,20,23)/t11-,12+/m0/s1. The van der Waals surface area contributed by atoms with Crippen molar-refractivity contribution in [3.8, 4) is 0 Å². The van der Waals surface area contributed by atoms with Gasteiger partial charge in [0.15, 0.2) is 0 Å². The van der Waals surface area contributed by atoms with Gasteiger partial charge in [-0.05, 0) is 38.0 Å². The van der Waals surface area contributed by atoms with E-state index in [0.717, 1.165) is 12.0 Å². The summed E-state index contributed by atoms with van der Waals surface area (Å²) in [4.78, 5) is 26.2. The summed E-state index contributed by atoms with van der Waals surface area (Å²) in [5.74, 6) is -0.256. The Hall–Kier alpha value is -1.26. The van der Waals surface area contributed by atoms with E-state index in [4.69, 9.17) is 23.2 Å². The Balaban J connectivity index is 2.95. The van der Waals surface area contributed by atoms with E-state index in [1.807, 2.05) is 13.8 Å². The van der Waals surface area contributed by atoms with Gasteiger partial charge in [0.25, 0.3) is 0 Å². The summed E-state index contributed by atoms with van der Waals surface area (Å²) >= 11 is 12.1. The van der Waals surface area contributed by atoms with Crippen molar-refractivity contribution in [1.82, 2.24) is 10.2 Å². The van der Waals surface area contributed by atoms with Crippen LogP contribution in [0.3, 0.4) is 0 Å². The lowest BCUT2D eigenvalue weighted by Gasteiger charge is -2.29. The lowest BCUT2D eigenvalue weighted by atomic mass is 10.1. The summed E-state index contributed by atoms with van der Waals surface area (Å²) < 4.78 is 0. The van der Waals surface area contributed by atoms with Crippen LogP contribution in [0.15, 0.2) is 18.2 Å². The number of carbonyl (C=O) groups excluding carboxylic acids is 2. The van der Waals surface area contributed by atoms with Crippen LogP contribution in [-0.4, -0.2) is 28.8 Å². The molecule has 4 nitrogen and oxygen atoms in total. The molecule has 0 heterocycles. The van der Waals surface area contributed by atoms with Crippen LogP contribution < -0.4 is 5.32 Å². The maximum atomic E-state index is 12.3. The molecule has 0 aliphatic rings. The molecular weight excluding hydrogens is 335 g/mol. The fourth-order valence-electron chi connectivity index (χ4n) is 2.08. The van der Waals surface area contributed by atoms with Crippen LogP contribution in [0.1, 0.15) is 46.1 Å². The zero-order valence-electron chi connectivity index (χ0n) is 14.0. The largest absolute Gasteiger partial charge is 0.352 e. The fraction of sp³-hybridized carbons (Fsp3) is 0.529. The molecule has 2 amide bonds. The summed E-state index contributed by atoms with van der Waals surface area (Å²) in [7, 11) is 0. The van der Waals surface area contributed by atoms with Crippen molar-refractivity contribution in [2.24, 2.45) is 0 Å². The first-order chi connectivity index (χ1) is 10.8. The molecule has 1 aromatic carbocycles. The number of halogens is 2. The fourth-order valence-corrected chi connectivity index (χ4v) is 2.55. The molecule has 0 fully saturated rings. The molecule has 0 aliphatic carbocycles. The summed E-state index contributed by atoms with van der Waals surface area (Å²) in [5.41, 5.74) is 0.765. The van der Waals surface area contributed by atoms with Crippen LogP contribution in [0.4, 0.5) is 0 Å². The van der Waals surface area contributed by atoms with Gasteiger partial charge in [-0.1, -0.05) is 43.1 Å². The van der Waals surface area contributed by atoms with Gasteiger partial charge in [0.05, 0.1) is 0 Å². The van der Waals surface area contributed by atoms with E-state index in [1.165, 1.54) is 0 Å². The predicted octanol–water partition coefficient (Wildman–Crippen LogP) is 4.04. The van der Waals surface area contributed by atoms with Crippen LogP contribution in [0.25, 0.3) is 0 Å². The van der Waals surface area contributed by atoms with E-state index in [9.17, 15) is 9.59 Å². The van der Waals surface area contributed by atoms with Gasteiger partial charge in [0.1, 0.15) is 6.04 Å². The Morgan fingerprint density at radius 2 is 1.87 bits per heavy atom. The van der Waals surface area contributed by atoms with Crippen molar-refractivity contribution >= 4 is 35.0 Å². The normalized spacial score (nSPS) is 13.3. The molecule has 0 aliphatic heterocycles. The minimum atomic E-state index is -0.566. The first-order valence-corrected chi connectivity index (χ1v) is 8.59. The molecule has 2 atom stereocenters. The first kappa shape index (κ1) is 19.8. The van der Waals surface area contributed by atoms with Crippen molar-refractivity contribution in [3.63, 3.8) is 0 Å². The molecule has 1 N–H and O–H groups in total. The molecule has 6 heteroatoms. The third-order valence-electron chi connectivity index (χ3n) is 3.83. The number of hydrogen-bond donors (Lipinski definition) is 1. The number of nitrogens with zero attached hydrogens (tertiary/aromatic N) is 1. The molecule has 0 aromatic heterocycles. The van der Waals surface area contributed by atoms with Crippen LogP contribution in [0.2, 0.25) is 10.0 Å². The van der Waals surface area contributed by atoms with Gasteiger partial charge < -0.3 is 10.2 Å². The summed E-state index contributed by atoms with van der Waals surface area (Å²) in [5, 5.41) is 3.94. The van der Waals surface area contributed by atoms with Crippen LogP contribution in [-0.2, 0) is 16.1 Å². The lowest BCUT2D eigenvalue weighted by Crippen LogP contribution is -2.49. The highest BCUT2D eigenvalue weighted by atomic mass is 35.5. The predicted molar refractivity (Wildman–Crippen MR) is 94.7 cm³/mol. The topological polar surface area (TPSA) is 49.4 Å². The number of amides is 2. The third-order valence-corrected chi connectivity index (χ3v) is 4.41. The van der Waals surface area contributed by atoms with Crippen molar-refractivity contribution in [2.45, 2.75) is 59.2 Å². The monoisotopic (exact) mass is 358 g/mol. The molecular formula is C17H24Cl2N2O2. The highest BCUT2D eigenvalue weighted by Gasteiger charge is 2.26. The van der Waals surface area contributed by atoms with Gasteiger partial charge in [-0.3, -0.25) is 9.59 Å². The average Bonchev–Trinajstić information content (AvgIpc) is 2.52. The Bertz CT molecular complexity index is 564. The van der Waals surface area contributed by atoms with Gasteiger partial charge in [-0.25, -0.2) is 0 Å². The molecule has 0 radical (unpaired) electrons. The van der Waals surface area contributed by atoms with E-state index >= 15 is 0 Å². The van der Waals surface area contributed by atoms with E-state index in [1.54, 1.807) is 36.9 Å². The van der Waals surface area contributed by atoms with Crippen LogP contribution >= 0.6 is 23.2 Å². The maximum Gasteiger partial charge on any atom is 0.242 e. The molecule has 128 valence electrons. The summed E-state index contributed by atoms with van der Waals surface area (Å²) in [6.45, 7) is 7.72. The lowest BCUT2D eigenvalue weighted by molar-refractivity contribution is -0.140. The van der Waals surface area contributed by atoms with Gasteiger partial charge in [0.2, 0.25) is 11.8 Å². The quantitative estimate of drug-likeness (QED) is 0.799. The van der Waals surface area contributed by atoms with Gasteiger partial charge in [0, 0.05) is 29.1 Å². The number of hydrogen-bond acceptors (Lipinski definition) is 2. The summed E-state index contributed by atoms with van der Waals surface area (Å²) in [6, 6.07) is 4.64. The Kier molecular flexibility index (Phi) is 7.86. The van der Waals surface area contributed by atoms with Crippen LogP contribution in [0, 0.1) is 0 Å². The summed E-state index contributed by atoms with van der Waals surface area (Å²) in [6.07, 6.45) is 1.16. The van der Waals surface area contributed by atoms with Crippen LogP contribution in [0.5, 0.6) is 0 Å². The smallest absolute Gasteiger partial charge is 0.242 e. The Morgan fingerprint density at radius 3 is 2.39 bits per heavy atom. The van der Waals surface area contributed by atoms with Crippen molar-refractivity contribution in [2.75, 3.05) is 0 Å². The molecule has 0 bridgehead atoms. The second kappa shape index (κ2) is 9.14. The van der Waals surface area contributed by atoms with Gasteiger partial charge in [-0.2, -0.15) is 0 Å². The second-order valence-corrected chi connectivity index (χ2v) is 6.45. The SMILES string of the molecule is CCC(=O)N(Cc1ccc(Cl)cc1Cl)[C@H](C)C(=O)N[C@@H](C)CC. The number of benzene rings is 1. The van der Waals surface area contributed by atoms with Crippen molar-refractivity contribution in [3.05, 3.63) is 33.8 Å². The van der Waals surface area contributed by atoms with Crippen molar-refractivity contribution in [1.29, 1.82) is 0 Å².